The van der Waals surface area contributed by atoms with Gasteiger partial charge in [-0.15, -0.1) is 0 Å². The highest BCUT2D eigenvalue weighted by molar-refractivity contribution is 6.11. The minimum absolute atomic E-state index is 0.0138. The number of rotatable bonds is 5. The Hall–Kier alpha value is -0.0951. The average molecular weight is 216 g/mol. The monoisotopic (exact) mass is 216 g/mol. The molecule has 1 aliphatic rings. The van der Waals surface area contributed by atoms with Crippen LogP contribution in [-0.4, -0.2) is 59.1 Å². The zero-order valence-electron chi connectivity index (χ0n) is 10.3. The van der Waals surface area contributed by atoms with Crippen molar-refractivity contribution in [2.24, 2.45) is 0 Å². The van der Waals surface area contributed by atoms with Gasteiger partial charge < -0.3 is 18.9 Å². The zero-order chi connectivity index (χ0) is 11.5. The quantitative estimate of drug-likeness (QED) is 0.596. The molecule has 0 amide bonds. The van der Waals surface area contributed by atoms with E-state index in [0.717, 1.165) is 0 Å². The molecule has 5 heteroatoms. The van der Waals surface area contributed by atoms with E-state index >= 15 is 0 Å². The number of methoxy groups -OCH3 is 2. The van der Waals surface area contributed by atoms with E-state index in [4.69, 9.17) is 18.9 Å². The Morgan fingerprint density at radius 2 is 2.07 bits per heavy atom. The van der Waals surface area contributed by atoms with E-state index in [-0.39, 0.29) is 23.8 Å². The van der Waals surface area contributed by atoms with E-state index < -0.39 is 0 Å². The third-order valence-corrected chi connectivity index (χ3v) is 2.60. The van der Waals surface area contributed by atoms with Gasteiger partial charge in [0, 0.05) is 14.2 Å². The fourth-order valence-electron chi connectivity index (χ4n) is 1.86. The Kier molecular flexibility index (Phi) is 4.58. The summed E-state index contributed by atoms with van der Waals surface area (Å²) in [6, 6.07) is 0.0751. The highest BCUT2D eigenvalue weighted by Crippen LogP contribution is 2.23. The molecule has 1 fully saturated rings. The standard InChI is InChI=1S/C10H21BO4/c1-10(2,6-12-3)15-8-7(13-4)5-14-9(8)11/h7-9H,5-6,11H2,1-4H3/t7?,8-,9+/m0/s1. The van der Waals surface area contributed by atoms with Gasteiger partial charge in [0.05, 0.1) is 24.8 Å². The van der Waals surface area contributed by atoms with Crippen LogP contribution >= 0.6 is 0 Å². The number of ether oxygens (including phenoxy) is 4. The van der Waals surface area contributed by atoms with E-state index in [1.165, 1.54) is 0 Å². The first-order chi connectivity index (χ1) is 7.00. The van der Waals surface area contributed by atoms with Gasteiger partial charge in [0.25, 0.3) is 0 Å². The second kappa shape index (κ2) is 5.30. The first-order valence-electron chi connectivity index (χ1n) is 5.31. The summed E-state index contributed by atoms with van der Waals surface area (Å²) < 4.78 is 21.9. The average Bonchev–Trinajstić information content (AvgIpc) is 2.47. The van der Waals surface area contributed by atoms with Crippen molar-refractivity contribution < 1.29 is 18.9 Å². The number of hydrogen-bond acceptors (Lipinski definition) is 4. The van der Waals surface area contributed by atoms with Crippen molar-refractivity contribution in [2.75, 3.05) is 27.4 Å². The summed E-state index contributed by atoms with van der Waals surface area (Å²) in [5.74, 6) is 0. The largest absolute Gasteiger partial charge is 0.382 e. The van der Waals surface area contributed by atoms with Gasteiger partial charge in [-0.3, -0.25) is 0 Å². The highest BCUT2D eigenvalue weighted by atomic mass is 16.6. The molecule has 0 aromatic carbocycles. The summed E-state index contributed by atoms with van der Waals surface area (Å²) in [4.78, 5) is 0. The molecule has 0 saturated carbocycles. The molecule has 88 valence electrons. The summed E-state index contributed by atoms with van der Waals surface area (Å²) in [5, 5.41) is 0. The zero-order valence-corrected chi connectivity index (χ0v) is 10.3. The molecule has 1 saturated heterocycles. The Morgan fingerprint density at radius 1 is 1.40 bits per heavy atom. The maximum Gasteiger partial charge on any atom is 0.142 e. The molecule has 0 radical (unpaired) electrons. The van der Waals surface area contributed by atoms with E-state index in [1.54, 1.807) is 14.2 Å². The fraction of sp³-hybridized carbons (Fsp3) is 1.00. The molecule has 0 N–H and O–H groups in total. The lowest BCUT2D eigenvalue weighted by atomic mass is 9.93. The third-order valence-electron chi connectivity index (χ3n) is 2.60. The molecule has 1 unspecified atom stereocenters. The van der Waals surface area contributed by atoms with E-state index in [2.05, 4.69) is 0 Å². The van der Waals surface area contributed by atoms with Crippen LogP contribution in [0.15, 0.2) is 0 Å². The Labute approximate surface area is 92.6 Å². The van der Waals surface area contributed by atoms with Crippen molar-refractivity contribution in [2.45, 2.75) is 37.7 Å². The van der Waals surface area contributed by atoms with Gasteiger partial charge in [-0.2, -0.15) is 0 Å². The second-order valence-electron chi connectivity index (χ2n) is 4.59. The summed E-state index contributed by atoms with van der Waals surface area (Å²) in [7, 11) is 5.37. The molecule has 0 aromatic heterocycles. The lowest BCUT2D eigenvalue weighted by Gasteiger charge is -2.31. The first kappa shape index (κ1) is 13.0. The van der Waals surface area contributed by atoms with Gasteiger partial charge in [-0.05, 0) is 13.8 Å². The molecule has 1 aliphatic heterocycles. The van der Waals surface area contributed by atoms with Gasteiger partial charge in [0.2, 0.25) is 0 Å². The van der Waals surface area contributed by atoms with Crippen LogP contribution in [0.4, 0.5) is 0 Å². The third kappa shape index (κ3) is 3.45. The van der Waals surface area contributed by atoms with Crippen LogP contribution in [-0.2, 0) is 18.9 Å². The van der Waals surface area contributed by atoms with Gasteiger partial charge in [0.1, 0.15) is 20.1 Å². The molecule has 3 atom stereocenters. The predicted molar refractivity (Wildman–Crippen MR) is 59.9 cm³/mol. The molecule has 1 rings (SSSR count). The lowest BCUT2D eigenvalue weighted by Crippen LogP contribution is -2.43. The summed E-state index contributed by atoms with van der Waals surface area (Å²) in [6.07, 6.45) is 0.0104. The van der Waals surface area contributed by atoms with Crippen LogP contribution in [0.2, 0.25) is 0 Å². The van der Waals surface area contributed by atoms with Crippen LogP contribution in [0.3, 0.4) is 0 Å². The molecule has 15 heavy (non-hydrogen) atoms. The van der Waals surface area contributed by atoms with Crippen molar-refractivity contribution >= 4 is 7.85 Å². The molecule has 0 bridgehead atoms. The number of hydrogen-bond donors (Lipinski definition) is 0. The van der Waals surface area contributed by atoms with Crippen molar-refractivity contribution in [3.63, 3.8) is 0 Å². The van der Waals surface area contributed by atoms with E-state index in [9.17, 15) is 0 Å². The molecular formula is C10H21BO4. The predicted octanol–water partition coefficient (Wildman–Crippen LogP) is -0.199. The van der Waals surface area contributed by atoms with Crippen LogP contribution in [0.5, 0.6) is 0 Å². The summed E-state index contributed by atoms with van der Waals surface area (Å²) in [6.45, 7) is 5.18. The van der Waals surface area contributed by atoms with E-state index in [0.29, 0.717) is 13.2 Å². The summed E-state index contributed by atoms with van der Waals surface area (Å²) in [5.41, 5.74) is -0.307. The second-order valence-corrected chi connectivity index (χ2v) is 4.59. The van der Waals surface area contributed by atoms with Crippen molar-refractivity contribution in [1.29, 1.82) is 0 Å². The normalized spacial score (nSPS) is 32.1. The van der Waals surface area contributed by atoms with Gasteiger partial charge in [-0.25, -0.2) is 0 Å². The van der Waals surface area contributed by atoms with Crippen LogP contribution in [0.25, 0.3) is 0 Å². The van der Waals surface area contributed by atoms with Crippen LogP contribution in [0, 0.1) is 0 Å². The Morgan fingerprint density at radius 3 is 2.60 bits per heavy atom. The topological polar surface area (TPSA) is 36.9 Å². The van der Waals surface area contributed by atoms with Crippen LogP contribution in [0.1, 0.15) is 13.8 Å². The fourth-order valence-corrected chi connectivity index (χ4v) is 1.86. The Bertz CT molecular complexity index is 198. The van der Waals surface area contributed by atoms with Crippen molar-refractivity contribution in [1.82, 2.24) is 0 Å². The van der Waals surface area contributed by atoms with Gasteiger partial charge in [0.15, 0.2) is 0 Å². The van der Waals surface area contributed by atoms with E-state index in [1.807, 2.05) is 21.7 Å². The van der Waals surface area contributed by atoms with Gasteiger partial charge >= 0.3 is 0 Å². The minimum atomic E-state index is -0.307. The SMILES string of the molecule is B[C@@H]1OCC(OC)[C@@H]1OC(C)(C)COC. The smallest absolute Gasteiger partial charge is 0.142 e. The molecule has 1 heterocycles. The molecule has 0 spiro atoms. The minimum Gasteiger partial charge on any atom is -0.382 e. The first-order valence-corrected chi connectivity index (χ1v) is 5.31. The molecule has 4 nitrogen and oxygen atoms in total. The van der Waals surface area contributed by atoms with Gasteiger partial charge in [-0.1, -0.05) is 0 Å². The Balaban J connectivity index is 2.54. The highest BCUT2D eigenvalue weighted by Gasteiger charge is 2.39. The lowest BCUT2D eigenvalue weighted by molar-refractivity contribution is -0.137. The van der Waals surface area contributed by atoms with Crippen molar-refractivity contribution in [3.05, 3.63) is 0 Å². The van der Waals surface area contributed by atoms with Crippen molar-refractivity contribution in [3.8, 4) is 0 Å². The molecule has 0 aliphatic carbocycles. The maximum absolute atomic E-state index is 5.98. The summed E-state index contributed by atoms with van der Waals surface area (Å²) >= 11 is 0. The molecular weight excluding hydrogens is 195 g/mol. The molecule has 0 aromatic rings. The van der Waals surface area contributed by atoms with Crippen LogP contribution < -0.4 is 0 Å². The maximum atomic E-state index is 5.98.